The Kier molecular flexibility index (Phi) is 8.29. The SMILES string of the molecule is O=C(OCCSCCOC(=O)[C@H]1CC=CCC1)[C@H]1CC=CCC1. The largest absolute Gasteiger partial charge is 0.465 e. The van der Waals surface area contributed by atoms with Gasteiger partial charge in [0.15, 0.2) is 0 Å². The molecule has 128 valence electrons. The molecule has 2 aliphatic rings. The summed E-state index contributed by atoms with van der Waals surface area (Å²) >= 11 is 1.65. The average molecular weight is 338 g/mol. The number of thioether (sulfide) groups is 1. The highest BCUT2D eigenvalue weighted by atomic mass is 32.2. The van der Waals surface area contributed by atoms with Crippen molar-refractivity contribution in [1.82, 2.24) is 0 Å². The molecule has 0 aromatic rings. The van der Waals surface area contributed by atoms with E-state index in [0.717, 1.165) is 50.0 Å². The molecule has 5 heteroatoms. The molecule has 0 saturated carbocycles. The molecule has 0 bridgehead atoms. The summed E-state index contributed by atoms with van der Waals surface area (Å²) in [4.78, 5) is 23.6. The molecule has 0 saturated heterocycles. The van der Waals surface area contributed by atoms with Crippen molar-refractivity contribution in [2.24, 2.45) is 11.8 Å². The van der Waals surface area contributed by atoms with E-state index >= 15 is 0 Å². The second-order valence-corrected chi connectivity index (χ2v) is 7.13. The maximum atomic E-state index is 11.8. The molecule has 0 unspecified atom stereocenters. The van der Waals surface area contributed by atoms with Crippen molar-refractivity contribution in [3.8, 4) is 0 Å². The summed E-state index contributed by atoms with van der Waals surface area (Å²) in [5.41, 5.74) is 0. The fourth-order valence-corrected chi connectivity index (χ4v) is 3.36. The second kappa shape index (κ2) is 10.5. The van der Waals surface area contributed by atoms with Crippen molar-refractivity contribution in [3.05, 3.63) is 24.3 Å². The van der Waals surface area contributed by atoms with Gasteiger partial charge in [0, 0.05) is 11.5 Å². The number of carbonyl (C=O) groups excluding carboxylic acids is 2. The predicted octanol–water partition coefficient (Wildman–Crippen LogP) is 3.52. The molecule has 2 atom stereocenters. The number of esters is 2. The van der Waals surface area contributed by atoms with Crippen molar-refractivity contribution in [2.75, 3.05) is 24.7 Å². The van der Waals surface area contributed by atoms with Crippen LogP contribution in [0.25, 0.3) is 0 Å². The van der Waals surface area contributed by atoms with Gasteiger partial charge in [0.05, 0.1) is 11.8 Å². The van der Waals surface area contributed by atoms with Crippen molar-refractivity contribution < 1.29 is 19.1 Å². The van der Waals surface area contributed by atoms with Gasteiger partial charge in [-0.2, -0.15) is 11.8 Å². The summed E-state index contributed by atoms with van der Waals surface area (Å²) in [6.45, 7) is 0.871. The zero-order valence-electron chi connectivity index (χ0n) is 13.6. The quantitative estimate of drug-likeness (QED) is 0.385. The summed E-state index contributed by atoms with van der Waals surface area (Å²) < 4.78 is 10.6. The summed E-state index contributed by atoms with van der Waals surface area (Å²) in [5, 5.41) is 0. The maximum absolute atomic E-state index is 11.8. The van der Waals surface area contributed by atoms with Gasteiger partial charge in [-0.05, 0) is 38.5 Å². The molecule has 0 aliphatic heterocycles. The van der Waals surface area contributed by atoms with Crippen LogP contribution in [0.2, 0.25) is 0 Å². The molecule has 23 heavy (non-hydrogen) atoms. The molecule has 0 spiro atoms. The summed E-state index contributed by atoms with van der Waals surface area (Å²) in [6.07, 6.45) is 13.7. The lowest BCUT2D eigenvalue weighted by Crippen LogP contribution is -2.20. The van der Waals surface area contributed by atoms with E-state index in [0.29, 0.717) is 13.2 Å². The third kappa shape index (κ3) is 6.81. The van der Waals surface area contributed by atoms with Gasteiger partial charge < -0.3 is 9.47 Å². The first kappa shape index (κ1) is 18.1. The Hall–Kier alpha value is -1.23. The van der Waals surface area contributed by atoms with Crippen LogP contribution in [0.5, 0.6) is 0 Å². The molecule has 0 N–H and O–H groups in total. The van der Waals surface area contributed by atoms with Crippen LogP contribution < -0.4 is 0 Å². The third-order valence-corrected chi connectivity index (χ3v) is 5.06. The number of carbonyl (C=O) groups is 2. The Labute approximate surface area is 142 Å². The average Bonchev–Trinajstić information content (AvgIpc) is 2.62. The van der Waals surface area contributed by atoms with Crippen LogP contribution in [0, 0.1) is 11.8 Å². The van der Waals surface area contributed by atoms with Crippen LogP contribution in [0.4, 0.5) is 0 Å². The summed E-state index contributed by atoms with van der Waals surface area (Å²) in [7, 11) is 0. The summed E-state index contributed by atoms with van der Waals surface area (Å²) in [5.74, 6) is 1.42. The van der Waals surface area contributed by atoms with Gasteiger partial charge in [-0.3, -0.25) is 9.59 Å². The molecule has 0 aromatic heterocycles. The number of ether oxygens (including phenoxy) is 2. The molecule has 0 amide bonds. The highest BCUT2D eigenvalue weighted by Gasteiger charge is 2.20. The van der Waals surface area contributed by atoms with Crippen LogP contribution in [0.1, 0.15) is 38.5 Å². The Morgan fingerprint density at radius 2 is 1.30 bits per heavy atom. The van der Waals surface area contributed by atoms with Gasteiger partial charge in [0.25, 0.3) is 0 Å². The van der Waals surface area contributed by atoms with Crippen LogP contribution >= 0.6 is 11.8 Å². The maximum Gasteiger partial charge on any atom is 0.309 e. The van der Waals surface area contributed by atoms with E-state index in [1.807, 2.05) is 0 Å². The number of allylic oxidation sites excluding steroid dienone is 4. The van der Waals surface area contributed by atoms with Gasteiger partial charge >= 0.3 is 11.9 Å². The minimum atomic E-state index is -0.0771. The van der Waals surface area contributed by atoms with Crippen LogP contribution in [0.15, 0.2) is 24.3 Å². The molecule has 0 heterocycles. The topological polar surface area (TPSA) is 52.6 Å². The van der Waals surface area contributed by atoms with E-state index in [1.165, 1.54) is 0 Å². The Balaban J connectivity index is 1.44. The van der Waals surface area contributed by atoms with E-state index < -0.39 is 0 Å². The molecular formula is C18H26O4S. The van der Waals surface area contributed by atoms with E-state index in [1.54, 1.807) is 11.8 Å². The molecule has 0 fully saturated rings. The van der Waals surface area contributed by atoms with Gasteiger partial charge in [0.2, 0.25) is 0 Å². The molecular weight excluding hydrogens is 312 g/mol. The second-order valence-electron chi connectivity index (χ2n) is 5.91. The fraction of sp³-hybridized carbons (Fsp3) is 0.667. The lowest BCUT2D eigenvalue weighted by Gasteiger charge is -2.17. The smallest absolute Gasteiger partial charge is 0.309 e. The highest BCUT2D eigenvalue weighted by Crippen LogP contribution is 2.20. The van der Waals surface area contributed by atoms with E-state index in [-0.39, 0.29) is 23.8 Å². The zero-order chi connectivity index (χ0) is 16.3. The van der Waals surface area contributed by atoms with Crippen LogP contribution in [-0.2, 0) is 19.1 Å². The van der Waals surface area contributed by atoms with Gasteiger partial charge in [-0.25, -0.2) is 0 Å². The fourth-order valence-electron chi connectivity index (χ4n) is 2.76. The third-order valence-electron chi connectivity index (χ3n) is 4.15. The molecule has 0 radical (unpaired) electrons. The highest BCUT2D eigenvalue weighted by molar-refractivity contribution is 7.99. The van der Waals surface area contributed by atoms with Crippen molar-refractivity contribution in [2.45, 2.75) is 38.5 Å². The van der Waals surface area contributed by atoms with E-state index in [9.17, 15) is 9.59 Å². The number of hydrogen-bond acceptors (Lipinski definition) is 5. The molecule has 4 nitrogen and oxygen atoms in total. The molecule has 2 rings (SSSR count). The van der Waals surface area contributed by atoms with Crippen molar-refractivity contribution in [3.63, 3.8) is 0 Å². The lowest BCUT2D eigenvalue weighted by molar-refractivity contribution is -0.148. The predicted molar refractivity (Wildman–Crippen MR) is 92.2 cm³/mol. The minimum Gasteiger partial charge on any atom is -0.465 e. The Bertz CT molecular complexity index is 404. The lowest BCUT2D eigenvalue weighted by atomic mass is 9.95. The normalized spacial score (nSPS) is 23.5. The zero-order valence-corrected chi connectivity index (χ0v) is 14.4. The van der Waals surface area contributed by atoms with Crippen LogP contribution in [0.3, 0.4) is 0 Å². The van der Waals surface area contributed by atoms with Gasteiger partial charge in [-0.1, -0.05) is 24.3 Å². The number of rotatable bonds is 8. The summed E-state index contributed by atoms with van der Waals surface area (Å²) in [6, 6.07) is 0. The first-order valence-electron chi connectivity index (χ1n) is 8.48. The Morgan fingerprint density at radius 3 is 1.70 bits per heavy atom. The molecule has 2 aliphatic carbocycles. The first-order chi connectivity index (χ1) is 11.3. The monoisotopic (exact) mass is 338 g/mol. The number of hydrogen-bond donors (Lipinski definition) is 0. The first-order valence-corrected chi connectivity index (χ1v) is 9.64. The van der Waals surface area contributed by atoms with E-state index in [2.05, 4.69) is 24.3 Å². The Morgan fingerprint density at radius 1 is 0.826 bits per heavy atom. The van der Waals surface area contributed by atoms with E-state index in [4.69, 9.17) is 9.47 Å². The van der Waals surface area contributed by atoms with Crippen LogP contribution in [-0.4, -0.2) is 36.7 Å². The van der Waals surface area contributed by atoms with Crippen molar-refractivity contribution in [1.29, 1.82) is 0 Å². The van der Waals surface area contributed by atoms with Gasteiger partial charge in [0.1, 0.15) is 13.2 Å². The van der Waals surface area contributed by atoms with Crippen molar-refractivity contribution >= 4 is 23.7 Å². The minimum absolute atomic E-state index is 0.0375. The van der Waals surface area contributed by atoms with Gasteiger partial charge in [-0.15, -0.1) is 0 Å². The standard InChI is InChI=1S/C18H26O4S/c19-17(15-7-3-1-4-8-15)21-11-13-23-14-12-22-18(20)16-9-5-2-6-10-16/h1-3,5,15-16H,4,6-14H2/t15-,16-/m0/s1. The molecule has 0 aromatic carbocycles.